The zero-order valence-electron chi connectivity index (χ0n) is 11.4. The first kappa shape index (κ1) is 13.8. The summed E-state index contributed by atoms with van der Waals surface area (Å²) in [6, 6.07) is 4.43. The molecule has 1 aromatic rings. The third kappa shape index (κ3) is 2.57. The molecule has 4 heteroatoms. The maximum atomic E-state index is 13.1. The molecule has 0 saturated carbocycles. The van der Waals surface area contributed by atoms with Gasteiger partial charge in [-0.1, -0.05) is 13.8 Å². The van der Waals surface area contributed by atoms with Crippen LogP contribution >= 0.6 is 0 Å². The summed E-state index contributed by atoms with van der Waals surface area (Å²) in [6.07, 6.45) is 0.805. The van der Waals surface area contributed by atoms with Crippen molar-refractivity contribution in [3.8, 4) is 5.75 Å². The second-order valence-electron chi connectivity index (χ2n) is 5.78. The van der Waals surface area contributed by atoms with Crippen LogP contribution in [0, 0.1) is 17.2 Å². The Hall–Kier alpha value is -1.58. The molecule has 1 aliphatic heterocycles. The van der Waals surface area contributed by atoms with Gasteiger partial charge < -0.3 is 9.84 Å². The van der Waals surface area contributed by atoms with Crippen LogP contribution in [0.4, 0.5) is 4.39 Å². The molecule has 1 heterocycles. The maximum absolute atomic E-state index is 13.1. The van der Waals surface area contributed by atoms with Crippen molar-refractivity contribution in [2.24, 2.45) is 11.3 Å². The number of carbonyl (C=O) groups is 1. The second kappa shape index (κ2) is 4.83. The van der Waals surface area contributed by atoms with Crippen molar-refractivity contribution in [1.82, 2.24) is 0 Å². The first-order chi connectivity index (χ1) is 8.83. The third-order valence-electron chi connectivity index (χ3n) is 4.18. The van der Waals surface area contributed by atoms with E-state index >= 15 is 0 Å². The lowest BCUT2D eigenvalue weighted by molar-refractivity contribution is -0.152. The molecule has 0 spiro atoms. The van der Waals surface area contributed by atoms with Crippen molar-refractivity contribution in [2.75, 3.05) is 0 Å². The Kier molecular flexibility index (Phi) is 3.52. The van der Waals surface area contributed by atoms with E-state index in [0.29, 0.717) is 18.6 Å². The fourth-order valence-corrected chi connectivity index (χ4v) is 2.45. The standard InChI is InChI=1S/C15H19FO3/c1-9(2)15(3,14(17)18)8-12-7-10-6-11(16)4-5-13(10)19-12/h4-6,9,12H,7-8H2,1-3H3,(H,17,18). The number of carboxylic acid groups (broad SMARTS) is 1. The van der Waals surface area contributed by atoms with Gasteiger partial charge in [-0.25, -0.2) is 4.39 Å². The topological polar surface area (TPSA) is 46.5 Å². The maximum Gasteiger partial charge on any atom is 0.309 e. The molecule has 3 nitrogen and oxygen atoms in total. The molecule has 1 N–H and O–H groups in total. The Morgan fingerprint density at radius 1 is 1.58 bits per heavy atom. The molecule has 2 rings (SSSR count). The summed E-state index contributed by atoms with van der Waals surface area (Å²) >= 11 is 0. The highest BCUT2D eigenvalue weighted by atomic mass is 19.1. The van der Waals surface area contributed by atoms with Crippen LogP contribution in [0.1, 0.15) is 32.8 Å². The number of hydrogen-bond donors (Lipinski definition) is 1. The zero-order chi connectivity index (χ0) is 14.2. The Balaban J connectivity index is 2.13. The molecule has 1 aromatic carbocycles. The van der Waals surface area contributed by atoms with E-state index < -0.39 is 11.4 Å². The van der Waals surface area contributed by atoms with Crippen LogP contribution in [0.25, 0.3) is 0 Å². The van der Waals surface area contributed by atoms with E-state index in [1.807, 2.05) is 13.8 Å². The number of benzene rings is 1. The smallest absolute Gasteiger partial charge is 0.309 e. The van der Waals surface area contributed by atoms with Crippen LogP contribution in [0.3, 0.4) is 0 Å². The molecule has 104 valence electrons. The minimum Gasteiger partial charge on any atom is -0.490 e. The van der Waals surface area contributed by atoms with Crippen LogP contribution in [0.15, 0.2) is 18.2 Å². The largest absolute Gasteiger partial charge is 0.490 e. The van der Waals surface area contributed by atoms with Crippen LogP contribution in [0.5, 0.6) is 5.75 Å². The van der Waals surface area contributed by atoms with Gasteiger partial charge in [-0.2, -0.15) is 0 Å². The van der Waals surface area contributed by atoms with Gasteiger partial charge in [-0.3, -0.25) is 4.79 Å². The van der Waals surface area contributed by atoms with E-state index in [1.165, 1.54) is 12.1 Å². The van der Waals surface area contributed by atoms with E-state index in [1.54, 1.807) is 13.0 Å². The van der Waals surface area contributed by atoms with Gasteiger partial charge in [0.05, 0.1) is 5.41 Å². The highest BCUT2D eigenvalue weighted by Gasteiger charge is 2.41. The van der Waals surface area contributed by atoms with Gasteiger partial charge in [-0.15, -0.1) is 0 Å². The predicted octanol–water partition coefficient (Wildman–Crippen LogP) is 3.27. The Labute approximate surface area is 112 Å². The average Bonchev–Trinajstić information content (AvgIpc) is 2.69. The van der Waals surface area contributed by atoms with Crippen LogP contribution in [-0.4, -0.2) is 17.2 Å². The summed E-state index contributed by atoms with van der Waals surface area (Å²) in [7, 11) is 0. The Bertz CT molecular complexity index is 498. The lowest BCUT2D eigenvalue weighted by atomic mass is 9.74. The number of aliphatic carboxylic acids is 1. The molecule has 0 aromatic heterocycles. The van der Waals surface area contributed by atoms with E-state index in [2.05, 4.69) is 0 Å². The molecule has 19 heavy (non-hydrogen) atoms. The molecule has 0 fully saturated rings. The number of rotatable bonds is 4. The Morgan fingerprint density at radius 2 is 2.26 bits per heavy atom. The molecule has 1 aliphatic rings. The molecule has 0 amide bonds. The van der Waals surface area contributed by atoms with Gasteiger partial charge in [0.25, 0.3) is 0 Å². The zero-order valence-corrected chi connectivity index (χ0v) is 11.4. The van der Waals surface area contributed by atoms with Gasteiger partial charge in [-0.05, 0) is 31.0 Å². The lowest BCUT2D eigenvalue weighted by Gasteiger charge is -2.31. The van der Waals surface area contributed by atoms with Crippen molar-refractivity contribution in [1.29, 1.82) is 0 Å². The van der Waals surface area contributed by atoms with Crippen LogP contribution in [0.2, 0.25) is 0 Å². The summed E-state index contributed by atoms with van der Waals surface area (Å²) < 4.78 is 18.9. The van der Waals surface area contributed by atoms with Crippen molar-refractivity contribution in [3.05, 3.63) is 29.6 Å². The van der Waals surface area contributed by atoms with Gasteiger partial charge in [0.1, 0.15) is 17.7 Å². The SMILES string of the molecule is CC(C)C(C)(CC1Cc2cc(F)ccc2O1)C(=O)O. The predicted molar refractivity (Wildman–Crippen MR) is 69.7 cm³/mol. The molecule has 0 saturated heterocycles. The molecule has 2 unspecified atom stereocenters. The summed E-state index contributed by atoms with van der Waals surface area (Å²) in [5, 5.41) is 9.41. The summed E-state index contributed by atoms with van der Waals surface area (Å²) in [6.45, 7) is 5.54. The van der Waals surface area contributed by atoms with Crippen LogP contribution in [-0.2, 0) is 11.2 Å². The van der Waals surface area contributed by atoms with E-state index in [0.717, 1.165) is 5.56 Å². The normalized spacial score (nSPS) is 20.8. The lowest BCUT2D eigenvalue weighted by Crippen LogP contribution is -2.37. The fraction of sp³-hybridized carbons (Fsp3) is 0.533. The monoisotopic (exact) mass is 266 g/mol. The Morgan fingerprint density at radius 3 is 2.84 bits per heavy atom. The van der Waals surface area contributed by atoms with Crippen LogP contribution < -0.4 is 4.74 Å². The summed E-state index contributed by atoms with van der Waals surface area (Å²) in [5.41, 5.74) is -0.00729. The molecular weight excluding hydrogens is 247 g/mol. The van der Waals surface area contributed by atoms with Crippen molar-refractivity contribution >= 4 is 5.97 Å². The minimum absolute atomic E-state index is 0.00838. The summed E-state index contributed by atoms with van der Waals surface area (Å²) in [4.78, 5) is 11.5. The number of hydrogen-bond acceptors (Lipinski definition) is 2. The minimum atomic E-state index is -0.828. The van der Waals surface area contributed by atoms with Gasteiger partial charge in [0.15, 0.2) is 0 Å². The molecular formula is C15H19FO3. The van der Waals surface area contributed by atoms with Gasteiger partial charge >= 0.3 is 5.97 Å². The van der Waals surface area contributed by atoms with E-state index in [-0.39, 0.29) is 17.8 Å². The van der Waals surface area contributed by atoms with Gasteiger partial charge in [0, 0.05) is 18.4 Å². The van der Waals surface area contributed by atoms with E-state index in [9.17, 15) is 14.3 Å². The quantitative estimate of drug-likeness (QED) is 0.909. The molecule has 0 radical (unpaired) electrons. The third-order valence-corrected chi connectivity index (χ3v) is 4.18. The summed E-state index contributed by atoms with van der Waals surface area (Å²) in [5.74, 6) is -0.418. The highest BCUT2D eigenvalue weighted by Crippen LogP contribution is 2.38. The molecule has 0 bridgehead atoms. The van der Waals surface area contributed by atoms with E-state index in [4.69, 9.17) is 4.74 Å². The van der Waals surface area contributed by atoms with Crippen molar-refractivity contribution in [3.63, 3.8) is 0 Å². The average molecular weight is 266 g/mol. The molecule has 0 aliphatic carbocycles. The number of carboxylic acids is 1. The number of fused-ring (bicyclic) bond motifs is 1. The number of halogens is 1. The first-order valence-electron chi connectivity index (χ1n) is 6.51. The second-order valence-corrected chi connectivity index (χ2v) is 5.78. The number of ether oxygens (including phenoxy) is 1. The highest BCUT2D eigenvalue weighted by molar-refractivity contribution is 5.74. The van der Waals surface area contributed by atoms with Crippen molar-refractivity contribution in [2.45, 2.75) is 39.7 Å². The van der Waals surface area contributed by atoms with Crippen molar-refractivity contribution < 1.29 is 19.0 Å². The first-order valence-corrected chi connectivity index (χ1v) is 6.51. The van der Waals surface area contributed by atoms with Gasteiger partial charge in [0.2, 0.25) is 0 Å². The molecule has 2 atom stereocenters. The fourth-order valence-electron chi connectivity index (χ4n) is 2.45.